The third-order valence-electron chi connectivity index (χ3n) is 2.88. The van der Waals surface area contributed by atoms with Crippen LogP contribution in [0, 0.1) is 0 Å². The number of unbranched alkanes of at least 4 members (excludes halogenated alkanes) is 1. The fourth-order valence-electron chi connectivity index (χ4n) is 1.94. The molecule has 0 spiro atoms. The number of hydrogen-bond donors (Lipinski definition) is 1. The molecule has 6 nitrogen and oxygen atoms in total. The SMILES string of the molecule is CCCCn1c(=O)n(CC)c(=O)c2[nH]c(Cl)nc21. The van der Waals surface area contributed by atoms with E-state index in [1.54, 1.807) is 6.92 Å². The molecule has 0 atom stereocenters. The van der Waals surface area contributed by atoms with Crippen LogP contribution in [0.25, 0.3) is 11.2 Å². The number of fused-ring (bicyclic) bond motifs is 1. The van der Waals surface area contributed by atoms with E-state index in [0.717, 1.165) is 12.8 Å². The lowest BCUT2D eigenvalue weighted by Crippen LogP contribution is -2.39. The highest BCUT2D eigenvalue weighted by molar-refractivity contribution is 6.28. The summed E-state index contributed by atoms with van der Waals surface area (Å²) in [6.45, 7) is 4.66. The molecular formula is C11H15ClN4O2. The molecule has 2 aromatic heterocycles. The Hall–Kier alpha value is -1.56. The number of hydrogen-bond acceptors (Lipinski definition) is 3. The molecule has 18 heavy (non-hydrogen) atoms. The third kappa shape index (κ3) is 1.96. The Labute approximate surface area is 108 Å². The van der Waals surface area contributed by atoms with Crippen LogP contribution in [0.3, 0.4) is 0 Å². The molecule has 2 rings (SSSR count). The number of H-pyrrole nitrogens is 1. The van der Waals surface area contributed by atoms with Crippen molar-refractivity contribution in [2.24, 2.45) is 0 Å². The Kier molecular flexibility index (Phi) is 3.56. The van der Waals surface area contributed by atoms with Crippen molar-refractivity contribution in [2.75, 3.05) is 0 Å². The third-order valence-corrected chi connectivity index (χ3v) is 3.06. The van der Waals surface area contributed by atoms with Gasteiger partial charge in [-0.15, -0.1) is 0 Å². The number of nitrogens with zero attached hydrogens (tertiary/aromatic N) is 3. The zero-order valence-corrected chi connectivity index (χ0v) is 11.1. The summed E-state index contributed by atoms with van der Waals surface area (Å²) in [6, 6.07) is 0. The molecule has 0 aliphatic rings. The summed E-state index contributed by atoms with van der Waals surface area (Å²) in [6.07, 6.45) is 1.80. The first-order valence-corrected chi connectivity index (χ1v) is 6.36. The molecule has 0 aromatic carbocycles. The minimum absolute atomic E-state index is 0.126. The van der Waals surface area contributed by atoms with Gasteiger partial charge in [0.1, 0.15) is 0 Å². The number of aromatic nitrogens is 4. The summed E-state index contributed by atoms with van der Waals surface area (Å²) >= 11 is 5.78. The van der Waals surface area contributed by atoms with Gasteiger partial charge in [0.15, 0.2) is 11.2 Å². The van der Waals surface area contributed by atoms with Crippen LogP contribution in [-0.4, -0.2) is 19.1 Å². The van der Waals surface area contributed by atoms with E-state index in [1.807, 2.05) is 6.92 Å². The van der Waals surface area contributed by atoms with Crippen LogP contribution in [0.1, 0.15) is 26.7 Å². The maximum atomic E-state index is 12.2. The van der Waals surface area contributed by atoms with Crippen molar-refractivity contribution in [1.29, 1.82) is 0 Å². The lowest BCUT2D eigenvalue weighted by atomic mass is 10.3. The minimum atomic E-state index is -0.371. The Morgan fingerprint density at radius 3 is 2.61 bits per heavy atom. The number of nitrogens with one attached hydrogen (secondary N) is 1. The van der Waals surface area contributed by atoms with Crippen LogP contribution >= 0.6 is 11.6 Å². The number of halogens is 1. The monoisotopic (exact) mass is 270 g/mol. The van der Waals surface area contributed by atoms with Gasteiger partial charge in [0, 0.05) is 13.1 Å². The van der Waals surface area contributed by atoms with Crippen LogP contribution < -0.4 is 11.2 Å². The molecule has 1 N–H and O–H groups in total. The normalized spacial score (nSPS) is 11.3. The van der Waals surface area contributed by atoms with Gasteiger partial charge >= 0.3 is 5.69 Å². The van der Waals surface area contributed by atoms with E-state index in [2.05, 4.69) is 9.97 Å². The van der Waals surface area contributed by atoms with E-state index in [4.69, 9.17) is 11.6 Å². The molecule has 98 valence electrons. The highest BCUT2D eigenvalue weighted by Gasteiger charge is 2.15. The van der Waals surface area contributed by atoms with Crippen molar-refractivity contribution in [3.05, 3.63) is 26.1 Å². The van der Waals surface area contributed by atoms with Crippen LogP contribution in [0.15, 0.2) is 9.59 Å². The Morgan fingerprint density at radius 2 is 2.00 bits per heavy atom. The molecule has 0 amide bonds. The van der Waals surface area contributed by atoms with Crippen molar-refractivity contribution in [3.8, 4) is 0 Å². The van der Waals surface area contributed by atoms with E-state index in [1.165, 1.54) is 9.13 Å². The van der Waals surface area contributed by atoms with Crippen molar-refractivity contribution >= 4 is 22.8 Å². The highest BCUT2D eigenvalue weighted by atomic mass is 35.5. The molecule has 0 unspecified atom stereocenters. The molecule has 0 radical (unpaired) electrons. The molecular weight excluding hydrogens is 256 g/mol. The molecule has 7 heteroatoms. The Bertz CT molecular complexity index is 683. The minimum Gasteiger partial charge on any atom is -0.323 e. The van der Waals surface area contributed by atoms with E-state index in [9.17, 15) is 9.59 Å². The number of aromatic amines is 1. The van der Waals surface area contributed by atoms with Crippen LogP contribution in [0.5, 0.6) is 0 Å². The van der Waals surface area contributed by atoms with E-state index >= 15 is 0 Å². The second-order valence-electron chi connectivity index (χ2n) is 4.06. The van der Waals surface area contributed by atoms with Crippen LogP contribution in [0.4, 0.5) is 0 Å². The van der Waals surface area contributed by atoms with Gasteiger partial charge in [-0.05, 0) is 24.9 Å². The summed E-state index contributed by atoms with van der Waals surface area (Å²) in [5.74, 6) is 0. The largest absolute Gasteiger partial charge is 0.332 e. The second kappa shape index (κ2) is 4.97. The van der Waals surface area contributed by atoms with Gasteiger partial charge in [-0.1, -0.05) is 13.3 Å². The topological polar surface area (TPSA) is 72.7 Å². The Balaban J connectivity index is 2.81. The summed E-state index contributed by atoms with van der Waals surface area (Å²) in [4.78, 5) is 30.9. The van der Waals surface area contributed by atoms with Gasteiger partial charge in [0.2, 0.25) is 5.28 Å². The molecule has 0 saturated carbocycles. The second-order valence-corrected chi connectivity index (χ2v) is 4.42. The molecule has 0 saturated heterocycles. The summed E-state index contributed by atoms with van der Waals surface area (Å²) in [5.41, 5.74) is -0.0676. The average molecular weight is 271 g/mol. The smallest absolute Gasteiger partial charge is 0.323 e. The van der Waals surface area contributed by atoms with Crippen molar-refractivity contribution in [1.82, 2.24) is 19.1 Å². The summed E-state index contributed by atoms with van der Waals surface area (Å²) in [7, 11) is 0. The quantitative estimate of drug-likeness (QED) is 0.853. The van der Waals surface area contributed by atoms with Gasteiger partial charge in [-0.3, -0.25) is 13.9 Å². The predicted octanol–water partition coefficient (Wildman–Crippen LogP) is 1.36. The fraction of sp³-hybridized carbons (Fsp3) is 0.545. The van der Waals surface area contributed by atoms with E-state index < -0.39 is 0 Å². The zero-order valence-electron chi connectivity index (χ0n) is 10.4. The van der Waals surface area contributed by atoms with Crippen molar-refractivity contribution in [2.45, 2.75) is 39.8 Å². The van der Waals surface area contributed by atoms with Crippen LogP contribution in [0.2, 0.25) is 5.28 Å². The van der Waals surface area contributed by atoms with Gasteiger partial charge in [-0.2, -0.15) is 4.98 Å². The first kappa shape index (κ1) is 12.9. The molecule has 0 fully saturated rings. The predicted molar refractivity (Wildman–Crippen MR) is 70.2 cm³/mol. The molecule has 2 heterocycles. The van der Waals surface area contributed by atoms with E-state index in [-0.39, 0.29) is 22.0 Å². The van der Waals surface area contributed by atoms with E-state index in [0.29, 0.717) is 18.7 Å². The van der Waals surface area contributed by atoms with Crippen LogP contribution in [-0.2, 0) is 13.1 Å². The number of rotatable bonds is 4. The Morgan fingerprint density at radius 1 is 1.28 bits per heavy atom. The fourth-order valence-corrected chi connectivity index (χ4v) is 2.11. The molecule has 0 aliphatic heterocycles. The lowest BCUT2D eigenvalue weighted by Gasteiger charge is -2.08. The molecule has 0 bridgehead atoms. The van der Waals surface area contributed by atoms with Gasteiger partial charge < -0.3 is 4.98 Å². The zero-order chi connectivity index (χ0) is 13.3. The average Bonchev–Trinajstić information content (AvgIpc) is 2.72. The van der Waals surface area contributed by atoms with Gasteiger partial charge in [-0.25, -0.2) is 4.79 Å². The van der Waals surface area contributed by atoms with Crippen molar-refractivity contribution < 1.29 is 0 Å². The number of imidazole rings is 1. The maximum absolute atomic E-state index is 12.2. The number of aryl methyl sites for hydroxylation is 1. The summed E-state index contributed by atoms with van der Waals surface area (Å²) < 4.78 is 2.69. The lowest BCUT2D eigenvalue weighted by molar-refractivity contribution is 0.562. The summed E-state index contributed by atoms with van der Waals surface area (Å²) in [5, 5.41) is 0.126. The van der Waals surface area contributed by atoms with Gasteiger partial charge in [0.25, 0.3) is 5.56 Å². The molecule has 2 aromatic rings. The highest BCUT2D eigenvalue weighted by Crippen LogP contribution is 2.10. The molecule has 0 aliphatic carbocycles. The van der Waals surface area contributed by atoms with Gasteiger partial charge in [0.05, 0.1) is 0 Å². The maximum Gasteiger partial charge on any atom is 0.332 e. The first-order valence-electron chi connectivity index (χ1n) is 5.99. The standard InChI is InChI=1S/C11H15ClN4O2/c1-3-5-6-16-8-7(13-10(12)14-8)9(17)15(4-2)11(16)18/h3-6H2,1-2H3,(H,13,14). The first-order chi connectivity index (χ1) is 8.60. The van der Waals surface area contributed by atoms with Crippen molar-refractivity contribution in [3.63, 3.8) is 0 Å².